The maximum atomic E-state index is 12.4. The smallest absolute Gasteiger partial charge is 0.337 e. The van der Waals surface area contributed by atoms with E-state index in [9.17, 15) is 14.4 Å². The van der Waals surface area contributed by atoms with Crippen molar-refractivity contribution in [2.24, 2.45) is 5.73 Å². The molecule has 1 aliphatic rings. The van der Waals surface area contributed by atoms with Gasteiger partial charge in [0.05, 0.1) is 36.4 Å². The van der Waals surface area contributed by atoms with Crippen molar-refractivity contribution in [1.82, 2.24) is 4.90 Å². The second-order valence-corrected chi connectivity index (χ2v) is 5.39. The lowest BCUT2D eigenvalue weighted by molar-refractivity contribution is -0.136. The standard InChI is InChI=1S/C15H16ClN3O5/c1-24-15(23)10-7-19(4-5-20)14(22)12(10)18-8-2-3-11(16)9(6-8)13(17)21/h2-3,6,18,20H,4-5,7H2,1H3,(H2,17,21). The monoisotopic (exact) mass is 353 g/mol. The summed E-state index contributed by atoms with van der Waals surface area (Å²) in [6, 6.07) is 4.38. The van der Waals surface area contributed by atoms with Gasteiger partial charge >= 0.3 is 5.97 Å². The molecule has 1 aliphatic heterocycles. The predicted molar refractivity (Wildman–Crippen MR) is 86.3 cm³/mol. The van der Waals surface area contributed by atoms with Gasteiger partial charge < -0.3 is 25.8 Å². The molecule has 0 aliphatic carbocycles. The Hall–Kier alpha value is -2.58. The molecule has 24 heavy (non-hydrogen) atoms. The molecule has 0 radical (unpaired) electrons. The lowest BCUT2D eigenvalue weighted by Gasteiger charge is -2.15. The van der Waals surface area contributed by atoms with Crippen molar-refractivity contribution in [3.63, 3.8) is 0 Å². The van der Waals surface area contributed by atoms with E-state index in [0.717, 1.165) is 0 Å². The third kappa shape index (κ3) is 3.50. The molecule has 0 unspecified atom stereocenters. The summed E-state index contributed by atoms with van der Waals surface area (Å²) in [5.41, 5.74) is 5.84. The Bertz CT molecular complexity index is 732. The average Bonchev–Trinajstić information content (AvgIpc) is 2.85. The highest BCUT2D eigenvalue weighted by Crippen LogP contribution is 2.25. The van der Waals surface area contributed by atoms with Crippen LogP contribution < -0.4 is 11.1 Å². The summed E-state index contributed by atoms with van der Waals surface area (Å²) >= 11 is 5.88. The summed E-state index contributed by atoms with van der Waals surface area (Å²) in [4.78, 5) is 36.9. The summed E-state index contributed by atoms with van der Waals surface area (Å²) < 4.78 is 4.68. The molecule has 0 fully saturated rings. The number of benzene rings is 1. The van der Waals surface area contributed by atoms with Gasteiger partial charge in [0, 0.05) is 12.2 Å². The number of nitrogens with two attached hydrogens (primary N) is 1. The van der Waals surface area contributed by atoms with E-state index in [1.54, 1.807) is 6.07 Å². The fourth-order valence-corrected chi connectivity index (χ4v) is 2.50. The topological polar surface area (TPSA) is 122 Å². The maximum Gasteiger partial charge on any atom is 0.337 e. The number of rotatable bonds is 6. The van der Waals surface area contributed by atoms with Crippen LogP contribution in [0.3, 0.4) is 0 Å². The molecule has 0 aromatic heterocycles. The Balaban J connectivity index is 2.37. The number of esters is 1. The van der Waals surface area contributed by atoms with Crippen LogP contribution in [0.25, 0.3) is 0 Å². The number of halogens is 1. The van der Waals surface area contributed by atoms with Gasteiger partial charge in [0.25, 0.3) is 5.91 Å². The van der Waals surface area contributed by atoms with E-state index in [-0.39, 0.29) is 41.6 Å². The van der Waals surface area contributed by atoms with Crippen LogP contribution in [0.5, 0.6) is 0 Å². The molecular formula is C15H16ClN3O5. The summed E-state index contributed by atoms with van der Waals surface area (Å²) in [6.07, 6.45) is 0. The zero-order valence-electron chi connectivity index (χ0n) is 12.8. The number of carbonyl (C=O) groups is 3. The van der Waals surface area contributed by atoms with Crippen LogP contribution in [0.2, 0.25) is 5.02 Å². The fourth-order valence-electron chi connectivity index (χ4n) is 2.29. The van der Waals surface area contributed by atoms with Crippen LogP contribution in [0, 0.1) is 0 Å². The van der Waals surface area contributed by atoms with Gasteiger partial charge in [-0.1, -0.05) is 11.6 Å². The number of hydrogen-bond donors (Lipinski definition) is 3. The molecule has 2 rings (SSSR count). The first-order valence-electron chi connectivity index (χ1n) is 6.97. The van der Waals surface area contributed by atoms with Gasteiger partial charge in [-0.3, -0.25) is 9.59 Å². The Morgan fingerprint density at radius 1 is 1.46 bits per heavy atom. The van der Waals surface area contributed by atoms with Crippen molar-refractivity contribution in [3.05, 3.63) is 40.1 Å². The second kappa shape index (κ2) is 7.33. The lowest BCUT2D eigenvalue weighted by Crippen LogP contribution is -2.31. The third-order valence-corrected chi connectivity index (χ3v) is 3.78. The summed E-state index contributed by atoms with van der Waals surface area (Å²) in [5, 5.41) is 12.0. The molecule has 0 atom stereocenters. The van der Waals surface area contributed by atoms with Crippen LogP contribution >= 0.6 is 11.6 Å². The lowest BCUT2D eigenvalue weighted by atomic mass is 10.1. The SMILES string of the molecule is COC(=O)C1=C(Nc2ccc(Cl)c(C(N)=O)c2)C(=O)N(CCO)C1. The van der Waals surface area contributed by atoms with Crippen molar-refractivity contribution < 1.29 is 24.2 Å². The van der Waals surface area contributed by atoms with Crippen LogP contribution in [0.1, 0.15) is 10.4 Å². The number of ether oxygens (including phenoxy) is 1. The van der Waals surface area contributed by atoms with Gasteiger partial charge in [-0.05, 0) is 18.2 Å². The van der Waals surface area contributed by atoms with E-state index >= 15 is 0 Å². The molecule has 1 aromatic carbocycles. The number of anilines is 1. The van der Waals surface area contributed by atoms with E-state index in [1.165, 1.54) is 24.1 Å². The molecule has 9 heteroatoms. The number of nitrogens with one attached hydrogen (secondary N) is 1. The first kappa shape index (κ1) is 17.8. The number of aliphatic hydroxyl groups excluding tert-OH is 1. The number of β-amino-alcohol motifs (C(OH)–C–C–N with tert-alkyl or cyclic N) is 1. The van der Waals surface area contributed by atoms with E-state index < -0.39 is 17.8 Å². The molecule has 0 saturated carbocycles. The van der Waals surface area contributed by atoms with Crippen LogP contribution in [-0.2, 0) is 14.3 Å². The highest BCUT2D eigenvalue weighted by atomic mass is 35.5. The third-order valence-electron chi connectivity index (χ3n) is 3.45. The Kier molecular flexibility index (Phi) is 5.42. The molecule has 0 bridgehead atoms. The first-order valence-corrected chi connectivity index (χ1v) is 7.34. The summed E-state index contributed by atoms with van der Waals surface area (Å²) in [5.74, 6) is -1.83. The minimum Gasteiger partial charge on any atom is -0.466 e. The molecule has 128 valence electrons. The summed E-state index contributed by atoms with van der Waals surface area (Å²) in [7, 11) is 1.21. The zero-order chi connectivity index (χ0) is 17.9. The number of carbonyl (C=O) groups excluding carboxylic acids is 3. The van der Waals surface area contributed by atoms with Crippen molar-refractivity contribution in [2.75, 3.05) is 32.1 Å². The van der Waals surface area contributed by atoms with Gasteiger partial charge in [-0.2, -0.15) is 0 Å². The van der Waals surface area contributed by atoms with Crippen LogP contribution in [0.4, 0.5) is 5.69 Å². The Morgan fingerprint density at radius 3 is 2.75 bits per heavy atom. The summed E-state index contributed by atoms with van der Waals surface area (Å²) in [6.45, 7) is -0.136. The van der Waals surface area contributed by atoms with E-state index in [2.05, 4.69) is 10.1 Å². The van der Waals surface area contributed by atoms with E-state index in [0.29, 0.717) is 5.69 Å². The second-order valence-electron chi connectivity index (χ2n) is 4.98. The van der Waals surface area contributed by atoms with Gasteiger partial charge in [0.1, 0.15) is 5.70 Å². The normalized spacial score (nSPS) is 14.1. The molecule has 1 heterocycles. The largest absolute Gasteiger partial charge is 0.466 e. The van der Waals surface area contributed by atoms with E-state index in [4.69, 9.17) is 22.4 Å². The molecular weight excluding hydrogens is 338 g/mol. The van der Waals surface area contributed by atoms with Crippen LogP contribution in [0.15, 0.2) is 29.5 Å². The highest BCUT2D eigenvalue weighted by Gasteiger charge is 2.34. The Morgan fingerprint density at radius 2 is 2.17 bits per heavy atom. The van der Waals surface area contributed by atoms with E-state index in [1.807, 2.05) is 0 Å². The number of hydrogen-bond acceptors (Lipinski definition) is 6. The van der Waals surface area contributed by atoms with Gasteiger partial charge in [-0.15, -0.1) is 0 Å². The minimum absolute atomic E-state index is 0.0185. The van der Waals surface area contributed by atoms with Gasteiger partial charge in [-0.25, -0.2) is 4.79 Å². The molecule has 0 spiro atoms. The molecule has 1 aromatic rings. The van der Waals surface area contributed by atoms with Crippen molar-refractivity contribution in [2.45, 2.75) is 0 Å². The zero-order valence-corrected chi connectivity index (χ0v) is 13.6. The van der Waals surface area contributed by atoms with Crippen molar-refractivity contribution in [3.8, 4) is 0 Å². The molecule has 4 N–H and O–H groups in total. The van der Waals surface area contributed by atoms with Gasteiger partial charge in [0.2, 0.25) is 5.91 Å². The number of amides is 2. The number of methoxy groups -OCH3 is 1. The fraction of sp³-hybridized carbons (Fsp3) is 0.267. The minimum atomic E-state index is -0.717. The van der Waals surface area contributed by atoms with Gasteiger partial charge in [0.15, 0.2) is 0 Å². The highest BCUT2D eigenvalue weighted by molar-refractivity contribution is 6.33. The maximum absolute atomic E-state index is 12.4. The number of nitrogens with zero attached hydrogens (tertiary/aromatic N) is 1. The average molecular weight is 354 g/mol. The van der Waals surface area contributed by atoms with Crippen LogP contribution in [-0.4, -0.2) is 54.6 Å². The molecule has 2 amide bonds. The Labute approximate surface area is 142 Å². The van der Waals surface area contributed by atoms with Crippen molar-refractivity contribution in [1.29, 1.82) is 0 Å². The van der Waals surface area contributed by atoms with Crippen molar-refractivity contribution >= 4 is 35.1 Å². The molecule has 8 nitrogen and oxygen atoms in total. The quantitative estimate of drug-likeness (QED) is 0.624. The number of primary amides is 1. The number of aliphatic hydroxyl groups is 1. The predicted octanol–water partition coefficient (Wildman–Crippen LogP) is 0.112. The molecule has 0 saturated heterocycles. The first-order chi connectivity index (χ1) is 11.4.